The number of likely N-dealkylation sites (tertiary alicyclic amines) is 1. The maximum absolute atomic E-state index is 11.6. The second kappa shape index (κ2) is 5.01. The summed E-state index contributed by atoms with van der Waals surface area (Å²) in [6, 6.07) is -0.110. The lowest BCUT2D eigenvalue weighted by molar-refractivity contribution is -0.128. The summed E-state index contributed by atoms with van der Waals surface area (Å²) >= 11 is 0. The molecule has 0 aromatic heterocycles. The predicted molar refractivity (Wildman–Crippen MR) is 62.2 cm³/mol. The molecule has 1 saturated carbocycles. The average Bonchev–Trinajstić information content (AvgIpc) is 2.92. The normalized spacial score (nSPS) is 26.2. The SMILES string of the molecule is C[C@H](N)C(=O)NC1CC(=O)N(C2CC2)C1.Cl. The third-order valence-electron chi connectivity index (χ3n) is 2.91. The van der Waals surface area contributed by atoms with E-state index in [1.807, 2.05) is 4.90 Å². The van der Waals surface area contributed by atoms with Crippen molar-refractivity contribution in [3.8, 4) is 0 Å². The molecule has 1 aliphatic heterocycles. The Morgan fingerprint density at radius 2 is 2.19 bits per heavy atom. The first kappa shape index (κ1) is 13.3. The minimum absolute atomic E-state index is 0. The largest absolute Gasteiger partial charge is 0.350 e. The number of halogens is 1. The van der Waals surface area contributed by atoms with Crippen LogP contribution in [-0.4, -0.2) is 41.4 Å². The fraction of sp³-hybridized carbons (Fsp3) is 0.800. The number of carbonyl (C=O) groups excluding carboxylic acids is 2. The number of nitrogens with one attached hydrogen (secondary N) is 1. The Bertz CT molecular complexity index is 292. The van der Waals surface area contributed by atoms with E-state index in [1.165, 1.54) is 0 Å². The first-order chi connectivity index (χ1) is 7.08. The van der Waals surface area contributed by atoms with Crippen LogP contribution in [0.25, 0.3) is 0 Å². The number of amides is 2. The molecule has 6 heteroatoms. The Balaban J connectivity index is 0.00000128. The number of nitrogens with two attached hydrogens (primary N) is 1. The Morgan fingerprint density at radius 1 is 1.56 bits per heavy atom. The lowest BCUT2D eigenvalue weighted by atomic mass is 10.2. The molecular weight excluding hydrogens is 230 g/mol. The average molecular weight is 248 g/mol. The van der Waals surface area contributed by atoms with Crippen molar-refractivity contribution in [2.45, 2.75) is 44.3 Å². The molecule has 92 valence electrons. The summed E-state index contributed by atoms with van der Waals surface area (Å²) in [7, 11) is 0. The molecule has 16 heavy (non-hydrogen) atoms. The van der Waals surface area contributed by atoms with Gasteiger partial charge in [-0.05, 0) is 19.8 Å². The summed E-state index contributed by atoms with van der Waals surface area (Å²) in [6.45, 7) is 2.30. The van der Waals surface area contributed by atoms with Gasteiger partial charge in [-0.3, -0.25) is 9.59 Å². The van der Waals surface area contributed by atoms with Gasteiger partial charge in [0.15, 0.2) is 0 Å². The minimum Gasteiger partial charge on any atom is -0.350 e. The van der Waals surface area contributed by atoms with Crippen molar-refractivity contribution in [3.63, 3.8) is 0 Å². The van der Waals surface area contributed by atoms with Crippen LogP contribution in [0.1, 0.15) is 26.2 Å². The van der Waals surface area contributed by atoms with Crippen LogP contribution in [0.15, 0.2) is 0 Å². The molecule has 0 aromatic rings. The van der Waals surface area contributed by atoms with Gasteiger partial charge in [0, 0.05) is 19.0 Å². The topological polar surface area (TPSA) is 75.4 Å². The van der Waals surface area contributed by atoms with Gasteiger partial charge in [0.25, 0.3) is 0 Å². The lowest BCUT2D eigenvalue weighted by Gasteiger charge is -2.16. The van der Waals surface area contributed by atoms with E-state index in [4.69, 9.17) is 5.73 Å². The van der Waals surface area contributed by atoms with Crippen molar-refractivity contribution in [1.29, 1.82) is 0 Å². The van der Waals surface area contributed by atoms with Crippen LogP contribution >= 0.6 is 12.4 Å². The highest BCUT2D eigenvalue weighted by Gasteiger charge is 2.39. The first-order valence-electron chi connectivity index (χ1n) is 5.43. The van der Waals surface area contributed by atoms with Gasteiger partial charge in [-0.2, -0.15) is 0 Å². The van der Waals surface area contributed by atoms with Crippen LogP contribution in [-0.2, 0) is 9.59 Å². The fourth-order valence-electron chi connectivity index (χ4n) is 1.90. The summed E-state index contributed by atoms with van der Waals surface area (Å²) in [6.07, 6.45) is 2.65. The molecule has 2 aliphatic rings. The van der Waals surface area contributed by atoms with Gasteiger partial charge in [-0.25, -0.2) is 0 Å². The van der Waals surface area contributed by atoms with Crippen molar-refractivity contribution >= 4 is 24.2 Å². The summed E-state index contributed by atoms with van der Waals surface area (Å²) in [5, 5.41) is 2.79. The molecule has 1 heterocycles. The maximum Gasteiger partial charge on any atom is 0.236 e. The summed E-state index contributed by atoms with van der Waals surface area (Å²) in [4.78, 5) is 24.8. The van der Waals surface area contributed by atoms with Crippen molar-refractivity contribution in [2.75, 3.05) is 6.54 Å². The van der Waals surface area contributed by atoms with E-state index < -0.39 is 6.04 Å². The number of carbonyl (C=O) groups is 2. The zero-order valence-electron chi connectivity index (χ0n) is 9.31. The van der Waals surface area contributed by atoms with E-state index in [9.17, 15) is 9.59 Å². The zero-order valence-corrected chi connectivity index (χ0v) is 10.1. The molecule has 5 nitrogen and oxygen atoms in total. The van der Waals surface area contributed by atoms with E-state index in [2.05, 4.69) is 5.32 Å². The molecular formula is C10H18ClN3O2. The number of rotatable bonds is 3. The van der Waals surface area contributed by atoms with Crippen LogP contribution in [0.3, 0.4) is 0 Å². The highest BCUT2D eigenvalue weighted by Crippen LogP contribution is 2.30. The Labute approximate surface area is 101 Å². The number of hydrogen-bond acceptors (Lipinski definition) is 3. The minimum atomic E-state index is -0.505. The summed E-state index contributed by atoms with van der Waals surface area (Å²) in [5.41, 5.74) is 5.44. The molecule has 0 spiro atoms. The third-order valence-corrected chi connectivity index (χ3v) is 2.91. The van der Waals surface area contributed by atoms with Crippen LogP contribution < -0.4 is 11.1 Å². The quantitative estimate of drug-likeness (QED) is 0.715. The van der Waals surface area contributed by atoms with Crippen molar-refractivity contribution in [3.05, 3.63) is 0 Å². The highest BCUT2D eigenvalue weighted by molar-refractivity contribution is 5.85. The molecule has 2 rings (SSSR count). The van der Waals surface area contributed by atoms with Crippen molar-refractivity contribution in [1.82, 2.24) is 10.2 Å². The lowest BCUT2D eigenvalue weighted by Crippen LogP contribution is -2.45. The summed E-state index contributed by atoms with van der Waals surface area (Å²) in [5.74, 6) is -0.0158. The van der Waals surface area contributed by atoms with E-state index in [1.54, 1.807) is 6.92 Å². The maximum atomic E-state index is 11.6. The molecule has 0 aromatic carbocycles. The van der Waals surface area contributed by atoms with Gasteiger partial charge in [-0.15, -0.1) is 12.4 Å². The van der Waals surface area contributed by atoms with E-state index >= 15 is 0 Å². The smallest absolute Gasteiger partial charge is 0.236 e. The molecule has 1 saturated heterocycles. The fourth-order valence-corrected chi connectivity index (χ4v) is 1.90. The standard InChI is InChI=1S/C10H17N3O2.ClH/c1-6(11)10(15)12-7-4-9(14)13(5-7)8-2-3-8;/h6-8H,2-5,11H2,1H3,(H,12,15);1H/t6-,7?;/m0./s1. The summed E-state index contributed by atoms with van der Waals surface area (Å²) < 4.78 is 0. The monoisotopic (exact) mass is 247 g/mol. The second-order valence-electron chi connectivity index (χ2n) is 4.48. The molecule has 0 bridgehead atoms. The molecule has 2 fully saturated rings. The highest BCUT2D eigenvalue weighted by atomic mass is 35.5. The van der Waals surface area contributed by atoms with Crippen molar-refractivity contribution < 1.29 is 9.59 Å². The van der Waals surface area contributed by atoms with E-state index in [-0.39, 0.29) is 30.3 Å². The van der Waals surface area contributed by atoms with Crippen LogP contribution in [0, 0.1) is 0 Å². The van der Waals surface area contributed by atoms with E-state index in [0.717, 1.165) is 12.8 Å². The van der Waals surface area contributed by atoms with Gasteiger partial charge in [0.1, 0.15) is 0 Å². The van der Waals surface area contributed by atoms with Gasteiger partial charge in [-0.1, -0.05) is 0 Å². The van der Waals surface area contributed by atoms with Gasteiger partial charge in [0.2, 0.25) is 11.8 Å². The van der Waals surface area contributed by atoms with Crippen LogP contribution in [0.2, 0.25) is 0 Å². The van der Waals surface area contributed by atoms with Crippen LogP contribution in [0.5, 0.6) is 0 Å². The van der Waals surface area contributed by atoms with Crippen LogP contribution in [0.4, 0.5) is 0 Å². The molecule has 2 amide bonds. The first-order valence-corrected chi connectivity index (χ1v) is 5.43. The Morgan fingerprint density at radius 3 is 2.69 bits per heavy atom. The number of nitrogens with zero attached hydrogens (tertiary/aromatic N) is 1. The molecule has 1 unspecified atom stereocenters. The molecule has 3 N–H and O–H groups in total. The Kier molecular flexibility index (Phi) is 4.15. The predicted octanol–water partition coefficient (Wildman–Crippen LogP) is -0.365. The zero-order chi connectivity index (χ0) is 11.0. The molecule has 0 radical (unpaired) electrons. The third kappa shape index (κ3) is 2.86. The Hall–Kier alpha value is -0.810. The number of hydrogen-bond donors (Lipinski definition) is 2. The van der Waals surface area contributed by atoms with Gasteiger partial charge < -0.3 is 16.0 Å². The second-order valence-corrected chi connectivity index (χ2v) is 4.48. The molecule has 1 aliphatic carbocycles. The van der Waals surface area contributed by atoms with E-state index in [0.29, 0.717) is 19.0 Å². The molecule has 2 atom stereocenters. The van der Waals surface area contributed by atoms with Gasteiger partial charge >= 0.3 is 0 Å². The van der Waals surface area contributed by atoms with Gasteiger partial charge in [0.05, 0.1) is 12.1 Å². The van der Waals surface area contributed by atoms with Crippen molar-refractivity contribution in [2.24, 2.45) is 5.73 Å².